The highest BCUT2D eigenvalue weighted by Crippen LogP contribution is 2.36. The molecule has 0 bridgehead atoms. The van der Waals surface area contributed by atoms with Gasteiger partial charge in [-0.25, -0.2) is 8.78 Å². The number of hydrogen-bond acceptors (Lipinski definition) is 3. The molecule has 0 fully saturated rings. The maximum absolute atomic E-state index is 13.8. The lowest BCUT2D eigenvalue weighted by Gasteiger charge is -2.24. The Hall–Kier alpha value is -1.98. The Kier molecular flexibility index (Phi) is 4.88. The number of rotatable bonds is 5. The van der Waals surface area contributed by atoms with Gasteiger partial charge in [0.15, 0.2) is 11.6 Å². The van der Waals surface area contributed by atoms with E-state index in [0.717, 1.165) is 6.07 Å². The van der Waals surface area contributed by atoms with E-state index in [0.29, 0.717) is 11.3 Å². The summed E-state index contributed by atoms with van der Waals surface area (Å²) in [4.78, 5) is 0. The summed E-state index contributed by atoms with van der Waals surface area (Å²) in [6.45, 7) is 0.0670. The average Bonchev–Trinajstić information content (AvgIpc) is 2.51. The first-order valence-corrected chi connectivity index (χ1v) is 6.55. The number of benzene rings is 2. The minimum atomic E-state index is -1.26. The molecule has 0 saturated carbocycles. The van der Waals surface area contributed by atoms with Gasteiger partial charge in [0.1, 0.15) is 5.75 Å². The van der Waals surface area contributed by atoms with Crippen LogP contribution in [0, 0.1) is 11.6 Å². The van der Waals surface area contributed by atoms with E-state index in [2.05, 4.69) is 0 Å². The van der Waals surface area contributed by atoms with Gasteiger partial charge in [0.2, 0.25) is 0 Å². The van der Waals surface area contributed by atoms with Crippen molar-refractivity contribution in [1.29, 1.82) is 0 Å². The molecule has 0 aliphatic carbocycles. The minimum absolute atomic E-state index is 0.0670. The van der Waals surface area contributed by atoms with Crippen molar-refractivity contribution >= 4 is 0 Å². The molecule has 2 aromatic carbocycles. The molecule has 3 nitrogen and oxygen atoms in total. The van der Waals surface area contributed by atoms with Crippen LogP contribution in [0.5, 0.6) is 5.75 Å². The lowest BCUT2D eigenvalue weighted by Crippen LogP contribution is -2.21. The number of nitrogens with two attached hydrogens (primary N) is 1. The Morgan fingerprint density at radius 2 is 1.76 bits per heavy atom. The zero-order chi connectivity index (χ0) is 15.4. The summed E-state index contributed by atoms with van der Waals surface area (Å²) in [5.74, 6) is -2.11. The largest absolute Gasteiger partial charge is 0.496 e. The van der Waals surface area contributed by atoms with Gasteiger partial charge >= 0.3 is 0 Å². The predicted molar refractivity (Wildman–Crippen MR) is 76.1 cm³/mol. The fraction of sp³-hybridized carbons (Fsp3) is 0.250. The van der Waals surface area contributed by atoms with Crippen LogP contribution >= 0.6 is 0 Å². The summed E-state index contributed by atoms with van der Waals surface area (Å²) in [5.41, 5.74) is 6.26. The average molecular weight is 293 g/mol. The summed E-state index contributed by atoms with van der Waals surface area (Å²) < 4.78 is 32.4. The number of hydrogen-bond donors (Lipinski definition) is 2. The van der Waals surface area contributed by atoms with E-state index in [9.17, 15) is 13.9 Å². The van der Waals surface area contributed by atoms with Gasteiger partial charge in [0.05, 0.1) is 13.2 Å². The topological polar surface area (TPSA) is 55.5 Å². The van der Waals surface area contributed by atoms with Crippen molar-refractivity contribution in [3.8, 4) is 5.75 Å². The Bertz CT molecular complexity index is 619. The van der Waals surface area contributed by atoms with Gasteiger partial charge in [-0.3, -0.25) is 0 Å². The first-order valence-electron chi connectivity index (χ1n) is 6.55. The number of aliphatic hydroxyl groups excluding tert-OH is 1. The van der Waals surface area contributed by atoms with Gasteiger partial charge in [-0.2, -0.15) is 0 Å². The molecule has 2 rings (SSSR count). The van der Waals surface area contributed by atoms with Crippen molar-refractivity contribution in [2.75, 3.05) is 13.7 Å². The van der Waals surface area contributed by atoms with Crippen LogP contribution in [0.2, 0.25) is 0 Å². The van der Waals surface area contributed by atoms with Gasteiger partial charge < -0.3 is 15.6 Å². The lowest BCUT2D eigenvalue weighted by atomic mass is 9.88. The number of aliphatic hydroxyl groups is 1. The number of ether oxygens (including phenoxy) is 1. The molecular weight excluding hydrogens is 276 g/mol. The second-order valence-corrected chi connectivity index (χ2v) is 4.67. The molecule has 3 N–H and O–H groups in total. The van der Waals surface area contributed by atoms with E-state index >= 15 is 0 Å². The molecule has 0 saturated heterocycles. The third-order valence-electron chi connectivity index (χ3n) is 3.47. The molecule has 0 aromatic heterocycles. The van der Waals surface area contributed by atoms with Crippen molar-refractivity contribution < 1.29 is 18.6 Å². The van der Waals surface area contributed by atoms with E-state index in [4.69, 9.17) is 10.5 Å². The highest BCUT2D eigenvalue weighted by molar-refractivity contribution is 5.39. The van der Waals surface area contributed by atoms with E-state index in [1.807, 2.05) is 0 Å². The van der Waals surface area contributed by atoms with Gasteiger partial charge in [-0.15, -0.1) is 0 Å². The Labute approximate surface area is 122 Å². The van der Waals surface area contributed by atoms with Crippen LogP contribution in [0.3, 0.4) is 0 Å². The molecule has 2 aromatic rings. The third-order valence-corrected chi connectivity index (χ3v) is 3.47. The maximum Gasteiger partial charge on any atom is 0.164 e. The van der Waals surface area contributed by atoms with E-state index < -0.39 is 23.7 Å². The summed E-state index contributed by atoms with van der Waals surface area (Å²) >= 11 is 0. The van der Waals surface area contributed by atoms with Crippen LogP contribution in [0.15, 0.2) is 42.5 Å². The molecule has 0 spiro atoms. The number of halogens is 2. The highest BCUT2D eigenvalue weighted by atomic mass is 19.2. The molecular formula is C16H17F2NO2. The molecule has 0 amide bonds. The quantitative estimate of drug-likeness (QED) is 0.891. The van der Waals surface area contributed by atoms with Gasteiger partial charge in [0, 0.05) is 23.6 Å². The Morgan fingerprint density at radius 3 is 2.43 bits per heavy atom. The standard InChI is InChI=1S/C16H17F2NO2/c1-21-14-8-3-2-5-10(14)12(9-19)16(20)11-6-4-7-13(17)15(11)18/h2-8,12,16,20H,9,19H2,1H3. The Balaban J connectivity index is 2.43. The first-order chi connectivity index (χ1) is 10.1. The van der Waals surface area contributed by atoms with E-state index in [1.165, 1.54) is 19.2 Å². The molecule has 0 aliphatic rings. The maximum atomic E-state index is 13.8. The molecule has 5 heteroatoms. The summed E-state index contributed by atoms with van der Waals surface area (Å²) in [7, 11) is 1.50. The number of para-hydroxylation sites is 1. The minimum Gasteiger partial charge on any atom is -0.496 e. The molecule has 2 unspecified atom stereocenters. The Morgan fingerprint density at radius 1 is 1.10 bits per heavy atom. The predicted octanol–water partition coefficient (Wildman–Crippen LogP) is 2.75. The van der Waals surface area contributed by atoms with Crippen molar-refractivity contribution in [1.82, 2.24) is 0 Å². The van der Waals surface area contributed by atoms with Crippen molar-refractivity contribution in [2.24, 2.45) is 5.73 Å². The molecule has 21 heavy (non-hydrogen) atoms. The normalized spacial score (nSPS) is 13.8. The molecule has 0 heterocycles. The zero-order valence-electron chi connectivity index (χ0n) is 11.6. The summed E-state index contributed by atoms with van der Waals surface area (Å²) in [5, 5.41) is 10.4. The van der Waals surface area contributed by atoms with Crippen LogP contribution in [-0.2, 0) is 0 Å². The third kappa shape index (κ3) is 3.04. The second kappa shape index (κ2) is 6.65. The van der Waals surface area contributed by atoms with Crippen molar-refractivity contribution in [3.63, 3.8) is 0 Å². The zero-order valence-corrected chi connectivity index (χ0v) is 11.6. The first kappa shape index (κ1) is 15.4. The fourth-order valence-electron chi connectivity index (χ4n) is 2.36. The number of methoxy groups -OCH3 is 1. The molecule has 2 atom stereocenters. The van der Waals surface area contributed by atoms with Crippen molar-refractivity contribution in [2.45, 2.75) is 12.0 Å². The van der Waals surface area contributed by atoms with Gasteiger partial charge in [-0.1, -0.05) is 30.3 Å². The van der Waals surface area contributed by atoms with E-state index in [-0.39, 0.29) is 12.1 Å². The SMILES string of the molecule is COc1ccccc1C(CN)C(O)c1cccc(F)c1F. The van der Waals surface area contributed by atoms with Crippen LogP contribution in [-0.4, -0.2) is 18.8 Å². The second-order valence-electron chi connectivity index (χ2n) is 4.67. The van der Waals surface area contributed by atoms with E-state index in [1.54, 1.807) is 24.3 Å². The van der Waals surface area contributed by atoms with Gasteiger partial charge in [0.25, 0.3) is 0 Å². The van der Waals surface area contributed by atoms with Crippen LogP contribution in [0.1, 0.15) is 23.1 Å². The summed E-state index contributed by atoms with van der Waals surface area (Å²) in [6.07, 6.45) is -1.26. The van der Waals surface area contributed by atoms with Crippen LogP contribution in [0.25, 0.3) is 0 Å². The molecule has 0 radical (unpaired) electrons. The fourth-order valence-corrected chi connectivity index (χ4v) is 2.36. The lowest BCUT2D eigenvalue weighted by molar-refractivity contribution is 0.140. The molecule has 112 valence electrons. The van der Waals surface area contributed by atoms with Crippen molar-refractivity contribution in [3.05, 3.63) is 65.2 Å². The van der Waals surface area contributed by atoms with Crippen LogP contribution in [0.4, 0.5) is 8.78 Å². The van der Waals surface area contributed by atoms with Gasteiger partial charge in [-0.05, 0) is 12.1 Å². The summed E-state index contributed by atoms with van der Waals surface area (Å²) in [6, 6.07) is 10.7. The smallest absolute Gasteiger partial charge is 0.164 e. The monoisotopic (exact) mass is 293 g/mol. The highest BCUT2D eigenvalue weighted by Gasteiger charge is 2.27. The molecule has 0 aliphatic heterocycles. The van der Waals surface area contributed by atoms with Crippen LogP contribution < -0.4 is 10.5 Å².